The van der Waals surface area contributed by atoms with Crippen LogP contribution >= 0.6 is 11.8 Å². The van der Waals surface area contributed by atoms with Crippen molar-refractivity contribution in [3.63, 3.8) is 0 Å². The van der Waals surface area contributed by atoms with Crippen molar-refractivity contribution in [2.75, 3.05) is 25.6 Å². The van der Waals surface area contributed by atoms with Gasteiger partial charge in [-0.15, -0.1) is 0 Å². The molecule has 0 spiro atoms. The largest absolute Gasteiger partial charge is 0.344 e. The van der Waals surface area contributed by atoms with Crippen molar-refractivity contribution >= 4 is 17.7 Å². The summed E-state index contributed by atoms with van der Waals surface area (Å²) in [6.07, 6.45) is 2.56. The molecule has 4 heteroatoms. The number of nitriles is 1. The first kappa shape index (κ1) is 13.3. The predicted octanol–water partition coefficient (Wildman–Crippen LogP) is 1.75. The van der Waals surface area contributed by atoms with Crippen LogP contribution in [0.3, 0.4) is 0 Å². The summed E-state index contributed by atoms with van der Waals surface area (Å²) in [4.78, 5) is 13.5. The Morgan fingerprint density at radius 2 is 2.21 bits per heavy atom. The van der Waals surface area contributed by atoms with Gasteiger partial charge in [0.2, 0.25) is 5.91 Å². The fourth-order valence-electron chi connectivity index (χ4n) is 1.03. The van der Waals surface area contributed by atoms with Crippen LogP contribution in [-0.4, -0.2) is 36.4 Å². The van der Waals surface area contributed by atoms with Crippen molar-refractivity contribution in [3.05, 3.63) is 0 Å². The summed E-state index contributed by atoms with van der Waals surface area (Å²) in [5, 5.41) is 8.93. The van der Waals surface area contributed by atoms with Gasteiger partial charge in [0.25, 0.3) is 0 Å². The van der Waals surface area contributed by atoms with Crippen LogP contribution in [0.5, 0.6) is 0 Å². The summed E-state index contributed by atoms with van der Waals surface area (Å²) in [6, 6.07) is 2.09. The van der Waals surface area contributed by atoms with E-state index in [0.717, 1.165) is 5.75 Å². The van der Waals surface area contributed by atoms with Crippen molar-refractivity contribution in [2.24, 2.45) is 5.41 Å². The maximum absolute atomic E-state index is 11.8. The SMILES string of the molecule is CCC(C)(C#N)C(=O)N(C)CCSC. The first-order valence-corrected chi connectivity index (χ1v) is 6.07. The fourth-order valence-corrected chi connectivity index (χ4v) is 1.49. The molecule has 0 aliphatic carbocycles. The second-order valence-electron chi connectivity index (χ2n) is 3.52. The van der Waals surface area contributed by atoms with E-state index in [9.17, 15) is 4.79 Å². The minimum atomic E-state index is -0.854. The number of hydrogen-bond donors (Lipinski definition) is 0. The smallest absolute Gasteiger partial charge is 0.242 e. The molecule has 0 aliphatic heterocycles. The van der Waals surface area contributed by atoms with Crippen LogP contribution in [0.2, 0.25) is 0 Å². The Morgan fingerprint density at radius 1 is 1.64 bits per heavy atom. The van der Waals surface area contributed by atoms with Crippen LogP contribution in [0.15, 0.2) is 0 Å². The lowest BCUT2D eigenvalue weighted by atomic mass is 9.88. The van der Waals surface area contributed by atoms with Crippen molar-refractivity contribution in [1.29, 1.82) is 5.26 Å². The fraction of sp³-hybridized carbons (Fsp3) is 0.800. The predicted molar refractivity (Wildman–Crippen MR) is 60.0 cm³/mol. The third-order valence-corrected chi connectivity index (χ3v) is 2.99. The molecule has 0 bridgehead atoms. The van der Waals surface area contributed by atoms with Gasteiger partial charge in [-0.2, -0.15) is 17.0 Å². The first-order valence-electron chi connectivity index (χ1n) is 4.67. The molecule has 80 valence electrons. The van der Waals surface area contributed by atoms with E-state index >= 15 is 0 Å². The summed E-state index contributed by atoms with van der Waals surface area (Å²) in [7, 11) is 1.75. The van der Waals surface area contributed by atoms with Gasteiger partial charge in [0.1, 0.15) is 5.41 Å². The number of amides is 1. The number of hydrogen-bond acceptors (Lipinski definition) is 3. The molecular formula is C10H18N2OS. The van der Waals surface area contributed by atoms with Crippen LogP contribution in [0, 0.1) is 16.7 Å². The van der Waals surface area contributed by atoms with Gasteiger partial charge >= 0.3 is 0 Å². The van der Waals surface area contributed by atoms with E-state index in [-0.39, 0.29) is 5.91 Å². The quantitative estimate of drug-likeness (QED) is 0.700. The van der Waals surface area contributed by atoms with Gasteiger partial charge in [0, 0.05) is 19.3 Å². The molecular weight excluding hydrogens is 196 g/mol. The molecule has 0 aromatic carbocycles. The van der Waals surface area contributed by atoms with Gasteiger partial charge in [0.15, 0.2) is 0 Å². The molecule has 0 rings (SSSR count). The summed E-state index contributed by atoms with van der Waals surface area (Å²) in [5.74, 6) is 0.838. The molecule has 0 saturated carbocycles. The van der Waals surface area contributed by atoms with Gasteiger partial charge < -0.3 is 4.90 Å². The minimum Gasteiger partial charge on any atom is -0.344 e. The van der Waals surface area contributed by atoms with Gasteiger partial charge in [-0.05, 0) is 19.6 Å². The maximum atomic E-state index is 11.8. The summed E-state index contributed by atoms with van der Waals surface area (Å²) >= 11 is 1.70. The average molecular weight is 214 g/mol. The number of carbonyl (C=O) groups is 1. The highest BCUT2D eigenvalue weighted by Crippen LogP contribution is 2.22. The van der Waals surface area contributed by atoms with Crippen LogP contribution in [-0.2, 0) is 4.79 Å². The standard InChI is InChI=1S/C10H18N2OS/c1-5-10(2,8-11)9(13)12(3)6-7-14-4/h5-7H2,1-4H3. The van der Waals surface area contributed by atoms with Crippen LogP contribution in [0.1, 0.15) is 20.3 Å². The molecule has 0 radical (unpaired) electrons. The van der Waals surface area contributed by atoms with Crippen LogP contribution < -0.4 is 0 Å². The zero-order valence-corrected chi connectivity index (χ0v) is 10.1. The van der Waals surface area contributed by atoms with E-state index in [0.29, 0.717) is 13.0 Å². The molecule has 0 heterocycles. The van der Waals surface area contributed by atoms with E-state index in [1.807, 2.05) is 13.2 Å². The zero-order chi connectivity index (χ0) is 11.2. The molecule has 0 aromatic rings. The molecule has 0 N–H and O–H groups in total. The monoisotopic (exact) mass is 214 g/mol. The second-order valence-corrected chi connectivity index (χ2v) is 4.50. The molecule has 14 heavy (non-hydrogen) atoms. The van der Waals surface area contributed by atoms with Gasteiger partial charge in [0.05, 0.1) is 6.07 Å². The zero-order valence-electron chi connectivity index (χ0n) is 9.33. The van der Waals surface area contributed by atoms with Crippen molar-refractivity contribution < 1.29 is 4.79 Å². The normalized spacial score (nSPS) is 14.2. The minimum absolute atomic E-state index is 0.0726. The molecule has 1 unspecified atom stereocenters. The molecule has 0 aromatic heterocycles. The van der Waals surface area contributed by atoms with Gasteiger partial charge in [-0.25, -0.2) is 0 Å². The number of rotatable bonds is 5. The van der Waals surface area contributed by atoms with Crippen molar-refractivity contribution in [1.82, 2.24) is 4.90 Å². The highest BCUT2D eigenvalue weighted by molar-refractivity contribution is 7.98. The molecule has 1 amide bonds. The van der Waals surface area contributed by atoms with E-state index < -0.39 is 5.41 Å². The Kier molecular flexibility index (Phi) is 5.63. The highest BCUT2D eigenvalue weighted by atomic mass is 32.2. The second kappa shape index (κ2) is 5.92. The molecule has 3 nitrogen and oxygen atoms in total. The van der Waals surface area contributed by atoms with Crippen molar-refractivity contribution in [2.45, 2.75) is 20.3 Å². The van der Waals surface area contributed by atoms with Crippen molar-refractivity contribution in [3.8, 4) is 6.07 Å². The lowest BCUT2D eigenvalue weighted by Crippen LogP contribution is -2.40. The first-order chi connectivity index (χ1) is 6.51. The highest BCUT2D eigenvalue weighted by Gasteiger charge is 2.33. The summed E-state index contributed by atoms with van der Waals surface area (Å²) in [6.45, 7) is 4.27. The Hall–Kier alpha value is -0.690. The number of thioether (sulfide) groups is 1. The third-order valence-electron chi connectivity index (χ3n) is 2.40. The Morgan fingerprint density at radius 3 is 2.57 bits per heavy atom. The van der Waals surface area contributed by atoms with E-state index in [2.05, 4.69) is 6.07 Å². The lowest BCUT2D eigenvalue weighted by molar-refractivity contribution is -0.136. The summed E-state index contributed by atoms with van der Waals surface area (Å²) in [5.41, 5.74) is -0.854. The summed E-state index contributed by atoms with van der Waals surface area (Å²) < 4.78 is 0. The van der Waals surface area contributed by atoms with E-state index in [1.165, 1.54) is 0 Å². The van der Waals surface area contributed by atoms with E-state index in [4.69, 9.17) is 5.26 Å². The molecule has 0 saturated heterocycles. The molecule has 0 aliphatic rings. The lowest BCUT2D eigenvalue weighted by Gasteiger charge is -2.25. The third kappa shape index (κ3) is 3.22. The topological polar surface area (TPSA) is 44.1 Å². The Bertz CT molecular complexity index is 237. The van der Waals surface area contributed by atoms with Crippen LogP contribution in [0.25, 0.3) is 0 Å². The van der Waals surface area contributed by atoms with Crippen LogP contribution in [0.4, 0.5) is 0 Å². The molecule has 0 fully saturated rings. The number of carbonyl (C=O) groups excluding carboxylic acids is 1. The van der Waals surface area contributed by atoms with Gasteiger partial charge in [-0.3, -0.25) is 4.79 Å². The number of nitrogens with zero attached hydrogens (tertiary/aromatic N) is 2. The Balaban J connectivity index is 4.38. The average Bonchev–Trinajstić information content (AvgIpc) is 2.23. The Labute approximate surface area is 90.5 Å². The van der Waals surface area contributed by atoms with E-state index in [1.54, 1.807) is 30.6 Å². The maximum Gasteiger partial charge on any atom is 0.242 e. The van der Waals surface area contributed by atoms with Gasteiger partial charge in [-0.1, -0.05) is 6.92 Å². The molecule has 1 atom stereocenters.